The fraction of sp³-hybridized carbons (Fsp3) is 0.500. The van der Waals surface area contributed by atoms with Crippen molar-refractivity contribution in [2.75, 3.05) is 43.5 Å². The van der Waals surface area contributed by atoms with E-state index in [9.17, 15) is 4.79 Å². The van der Waals surface area contributed by atoms with Crippen molar-refractivity contribution in [3.05, 3.63) is 23.8 Å². The quantitative estimate of drug-likeness (QED) is 0.662. The molecule has 0 spiro atoms. The average molecular weight is 264 g/mol. The number of ether oxygens (including phenoxy) is 2. The lowest BCUT2D eigenvalue weighted by Crippen LogP contribution is -2.37. The summed E-state index contributed by atoms with van der Waals surface area (Å²) in [5.74, 6) is -0.310. The Hall–Kier alpha value is -1.75. The standard InChI is InChI=1S/C14H20N2O3/c1-2-7-19-14(17)12-10-11(15)3-4-13(12)16-5-8-18-9-6-16/h3-4,10H,2,5-9,15H2,1H3. The normalized spacial score (nSPS) is 15.3. The van der Waals surface area contributed by atoms with Crippen LogP contribution in [-0.4, -0.2) is 38.9 Å². The largest absolute Gasteiger partial charge is 0.462 e. The second-order valence-electron chi connectivity index (χ2n) is 4.51. The fourth-order valence-corrected chi connectivity index (χ4v) is 2.07. The number of rotatable bonds is 4. The minimum atomic E-state index is -0.310. The Bertz CT molecular complexity index is 442. The highest BCUT2D eigenvalue weighted by Gasteiger charge is 2.19. The number of nitrogens with zero attached hydrogens (tertiary/aromatic N) is 1. The molecule has 5 heteroatoms. The molecule has 0 amide bonds. The molecule has 2 rings (SSSR count). The lowest BCUT2D eigenvalue weighted by atomic mass is 10.1. The van der Waals surface area contributed by atoms with Crippen LogP contribution in [-0.2, 0) is 9.47 Å². The minimum absolute atomic E-state index is 0.310. The van der Waals surface area contributed by atoms with Crippen LogP contribution in [0.2, 0.25) is 0 Å². The van der Waals surface area contributed by atoms with Gasteiger partial charge in [-0.1, -0.05) is 6.92 Å². The molecule has 0 unspecified atom stereocenters. The number of benzene rings is 1. The van der Waals surface area contributed by atoms with Crippen LogP contribution in [0.3, 0.4) is 0 Å². The minimum Gasteiger partial charge on any atom is -0.462 e. The van der Waals surface area contributed by atoms with Gasteiger partial charge in [0.1, 0.15) is 0 Å². The lowest BCUT2D eigenvalue weighted by Gasteiger charge is -2.30. The number of nitrogens with two attached hydrogens (primary N) is 1. The molecule has 1 fully saturated rings. The van der Waals surface area contributed by atoms with Gasteiger partial charge in [-0.15, -0.1) is 0 Å². The van der Waals surface area contributed by atoms with E-state index in [4.69, 9.17) is 15.2 Å². The van der Waals surface area contributed by atoms with Crippen molar-refractivity contribution >= 4 is 17.3 Å². The van der Waals surface area contributed by atoms with Crippen molar-refractivity contribution in [1.82, 2.24) is 0 Å². The summed E-state index contributed by atoms with van der Waals surface area (Å²) in [6, 6.07) is 5.37. The molecule has 0 saturated carbocycles. The summed E-state index contributed by atoms with van der Waals surface area (Å²) < 4.78 is 10.5. The number of esters is 1. The molecule has 1 aromatic carbocycles. The molecule has 1 saturated heterocycles. The van der Waals surface area contributed by atoms with Gasteiger partial charge in [-0.05, 0) is 24.6 Å². The van der Waals surface area contributed by atoms with Crippen LogP contribution in [0.15, 0.2) is 18.2 Å². The monoisotopic (exact) mass is 264 g/mol. The van der Waals surface area contributed by atoms with E-state index in [1.807, 2.05) is 13.0 Å². The van der Waals surface area contributed by atoms with Crippen LogP contribution in [0.1, 0.15) is 23.7 Å². The van der Waals surface area contributed by atoms with Gasteiger partial charge in [0.05, 0.1) is 31.1 Å². The summed E-state index contributed by atoms with van der Waals surface area (Å²) in [6.45, 7) is 5.29. The number of anilines is 2. The third-order valence-corrected chi connectivity index (χ3v) is 3.03. The predicted octanol–water partition coefficient (Wildman–Crippen LogP) is 1.67. The van der Waals surface area contributed by atoms with Crippen LogP contribution in [0.4, 0.5) is 11.4 Å². The number of morpholine rings is 1. The van der Waals surface area contributed by atoms with Crippen molar-refractivity contribution in [2.24, 2.45) is 0 Å². The van der Waals surface area contributed by atoms with E-state index in [0.717, 1.165) is 25.2 Å². The van der Waals surface area contributed by atoms with E-state index in [2.05, 4.69) is 4.90 Å². The number of carbonyl (C=O) groups excluding carboxylic acids is 1. The van der Waals surface area contributed by atoms with E-state index >= 15 is 0 Å². The first-order valence-corrected chi connectivity index (χ1v) is 6.61. The van der Waals surface area contributed by atoms with Gasteiger partial charge < -0.3 is 20.1 Å². The van der Waals surface area contributed by atoms with Gasteiger partial charge in [0, 0.05) is 18.8 Å². The summed E-state index contributed by atoms with van der Waals surface area (Å²) in [6.07, 6.45) is 0.806. The SMILES string of the molecule is CCCOC(=O)c1cc(N)ccc1N1CCOCC1. The van der Waals surface area contributed by atoms with Crippen LogP contribution < -0.4 is 10.6 Å². The molecule has 5 nitrogen and oxygen atoms in total. The summed E-state index contributed by atoms with van der Waals surface area (Å²) in [4.78, 5) is 14.2. The zero-order chi connectivity index (χ0) is 13.7. The fourth-order valence-electron chi connectivity index (χ4n) is 2.07. The first-order chi connectivity index (χ1) is 9.22. The molecule has 0 aromatic heterocycles. The summed E-state index contributed by atoms with van der Waals surface area (Å²) in [5, 5.41) is 0. The van der Waals surface area contributed by atoms with Crippen LogP contribution >= 0.6 is 0 Å². The van der Waals surface area contributed by atoms with E-state index < -0.39 is 0 Å². The molecule has 19 heavy (non-hydrogen) atoms. The number of carbonyl (C=O) groups is 1. The Morgan fingerprint density at radius 2 is 2.16 bits per heavy atom. The second kappa shape index (κ2) is 6.43. The number of hydrogen-bond acceptors (Lipinski definition) is 5. The molecular weight excluding hydrogens is 244 g/mol. The van der Waals surface area contributed by atoms with E-state index in [1.54, 1.807) is 12.1 Å². The molecule has 104 valence electrons. The van der Waals surface area contributed by atoms with E-state index in [0.29, 0.717) is 31.1 Å². The van der Waals surface area contributed by atoms with Gasteiger partial charge in [0.15, 0.2) is 0 Å². The molecular formula is C14H20N2O3. The highest BCUT2D eigenvalue weighted by molar-refractivity contribution is 5.97. The number of hydrogen-bond donors (Lipinski definition) is 1. The van der Waals surface area contributed by atoms with Crippen molar-refractivity contribution < 1.29 is 14.3 Å². The van der Waals surface area contributed by atoms with Crippen molar-refractivity contribution in [2.45, 2.75) is 13.3 Å². The molecule has 1 heterocycles. The number of nitrogen functional groups attached to an aromatic ring is 1. The first-order valence-electron chi connectivity index (χ1n) is 6.61. The highest BCUT2D eigenvalue weighted by Crippen LogP contribution is 2.25. The predicted molar refractivity (Wildman–Crippen MR) is 74.5 cm³/mol. The van der Waals surface area contributed by atoms with E-state index in [1.165, 1.54) is 0 Å². The molecule has 2 N–H and O–H groups in total. The van der Waals surface area contributed by atoms with Gasteiger partial charge in [-0.25, -0.2) is 4.79 Å². The zero-order valence-electron chi connectivity index (χ0n) is 11.2. The van der Waals surface area contributed by atoms with Gasteiger partial charge in [-0.3, -0.25) is 0 Å². The third-order valence-electron chi connectivity index (χ3n) is 3.03. The lowest BCUT2D eigenvalue weighted by molar-refractivity contribution is 0.0505. The van der Waals surface area contributed by atoms with Crippen LogP contribution in [0.5, 0.6) is 0 Å². The van der Waals surface area contributed by atoms with Gasteiger partial charge in [0.2, 0.25) is 0 Å². The van der Waals surface area contributed by atoms with Crippen LogP contribution in [0, 0.1) is 0 Å². The molecule has 0 aliphatic carbocycles. The molecule has 1 aliphatic rings. The second-order valence-corrected chi connectivity index (χ2v) is 4.51. The summed E-state index contributed by atoms with van der Waals surface area (Å²) in [7, 11) is 0. The molecule has 0 radical (unpaired) electrons. The Balaban J connectivity index is 2.23. The Morgan fingerprint density at radius 3 is 2.84 bits per heavy atom. The smallest absolute Gasteiger partial charge is 0.340 e. The maximum Gasteiger partial charge on any atom is 0.340 e. The molecule has 0 bridgehead atoms. The van der Waals surface area contributed by atoms with Crippen molar-refractivity contribution in [3.8, 4) is 0 Å². The maximum absolute atomic E-state index is 12.1. The zero-order valence-corrected chi connectivity index (χ0v) is 11.2. The topological polar surface area (TPSA) is 64.8 Å². The summed E-state index contributed by atoms with van der Waals surface area (Å²) in [5.41, 5.74) is 7.75. The van der Waals surface area contributed by atoms with Gasteiger partial charge >= 0.3 is 5.97 Å². The maximum atomic E-state index is 12.1. The highest BCUT2D eigenvalue weighted by atomic mass is 16.5. The van der Waals surface area contributed by atoms with Gasteiger partial charge in [0.25, 0.3) is 0 Å². The average Bonchev–Trinajstić information content (AvgIpc) is 2.45. The van der Waals surface area contributed by atoms with E-state index in [-0.39, 0.29) is 5.97 Å². The Kier molecular flexibility index (Phi) is 4.63. The van der Waals surface area contributed by atoms with Crippen molar-refractivity contribution in [3.63, 3.8) is 0 Å². The molecule has 1 aromatic rings. The Morgan fingerprint density at radius 1 is 1.42 bits per heavy atom. The third kappa shape index (κ3) is 3.38. The van der Waals surface area contributed by atoms with Crippen LogP contribution in [0.25, 0.3) is 0 Å². The molecule has 0 atom stereocenters. The first kappa shape index (κ1) is 13.7. The van der Waals surface area contributed by atoms with Gasteiger partial charge in [-0.2, -0.15) is 0 Å². The summed E-state index contributed by atoms with van der Waals surface area (Å²) >= 11 is 0. The Labute approximate surface area is 113 Å². The van der Waals surface area contributed by atoms with Crippen molar-refractivity contribution in [1.29, 1.82) is 0 Å². The molecule has 1 aliphatic heterocycles.